The largest absolute Gasteiger partial charge is 0.497 e. The fourth-order valence-corrected chi connectivity index (χ4v) is 2.47. The van der Waals surface area contributed by atoms with Gasteiger partial charge in [0.2, 0.25) is 5.95 Å². The van der Waals surface area contributed by atoms with Gasteiger partial charge in [-0.3, -0.25) is 0 Å². The van der Waals surface area contributed by atoms with Crippen molar-refractivity contribution in [3.05, 3.63) is 18.2 Å². The van der Waals surface area contributed by atoms with Crippen molar-refractivity contribution in [2.45, 2.75) is 19.8 Å². The molecule has 2 aromatic rings. The summed E-state index contributed by atoms with van der Waals surface area (Å²) in [6.45, 7) is 4.51. The highest BCUT2D eigenvalue weighted by molar-refractivity contribution is 5.79. The second-order valence-electron chi connectivity index (χ2n) is 5.11. The molecule has 1 fully saturated rings. The molecule has 1 aromatic heterocycles. The molecule has 0 unspecified atom stereocenters. The summed E-state index contributed by atoms with van der Waals surface area (Å²) in [4.78, 5) is 10.4. The highest BCUT2D eigenvalue weighted by atomic mass is 16.5. The molecule has 96 valence electrons. The molecular weight excluding hydrogens is 226 g/mol. The molecular formula is C14H19N3O. The van der Waals surface area contributed by atoms with Gasteiger partial charge in [-0.1, -0.05) is 6.92 Å². The van der Waals surface area contributed by atoms with Crippen LogP contribution in [0.2, 0.25) is 0 Å². The first-order chi connectivity index (χ1) is 8.76. The topological polar surface area (TPSA) is 41.1 Å². The number of piperidine rings is 1. The Labute approximate surface area is 107 Å². The van der Waals surface area contributed by atoms with Crippen molar-refractivity contribution in [1.82, 2.24) is 9.97 Å². The molecule has 0 saturated carbocycles. The number of aromatic nitrogens is 2. The number of H-pyrrole nitrogens is 1. The van der Waals surface area contributed by atoms with Gasteiger partial charge in [0.25, 0.3) is 0 Å². The monoisotopic (exact) mass is 245 g/mol. The highest BCUT2D eigenvalue weighted by Crippen LogP contribution is 2.25. The fraction of sp³-hybridized carbons (Fsp3) is 0.500. The lowest BCUT2D eigenvalue weighted by Gasteiger charge is -2.29. The quantitative estimate of drug-likeness (QED) is 0.884. The second-order valence-corrected chi connectivity index (χ2v) is 5.11. The molecule has 1 aliphatic heterocycles. The first-order valence-electron chi connectivity index (χ1n) is 6.55. The molecule has 4 heteroatoms. The minimum absolute atomic E-state index is 0.839. The summed E-state index contributed by atoms with van der Waals surface area (Å²) in [6, 6.07) is 5.95. The Hall–Kier alpha value is -1.71. The number of nitrogens with one attached hydrogen (secondary N) is 1. The third-order valence-electron chi connectivity index (χ3n) is 3.76. The number of methoxy groups -OCH3 is 1. The van der Waals surface area contributed by atoms with Gasteiger partial charge in [0, 0.05) is 19.2 Å². The van der Waals surface area contributed by atoms with Gasteiger partial charge in [-0.2, -0.15) is 0 Å². The van der Waals surface area contributed by atoms with E-state index in [0.29, 0.717) is 0 Å². The number of benzene rings is 1. The van der Waals surface area contributed by atoms with Gasteiger partial charge in [-0.15, -0.1) is 0 Å². The van der Waals surface area contributed by atoms with Crippen LogP contribution in [0.4, 0.5) is 5.95 Å². The van der Waals surface area contributed by atoms with E-state index in [1.165, 1.54) is 12.8 Å². The molecule has 2 heterocycles. The van der Waals surface area contributed by atoms with Crippen molar-refractivity contribution in [3.8, 4) is 5.75 Å². The number of hydrogen-bond donors (Lipinski definition) is 1. The molecule has 1 aromatic carbocycles. The van der Waals surface area contributed by atoms with Gasteiger partial charge < -0.3 is 14.6 Å². The van der Waals surface area contributed by atoms with Crippen LogP contribution in [0, 0.1) is 5.92 Å². The summed E-state index contributed by atoms with van der Waals surface area (Å²) in [6.07, 6.45) is 2.50. The maximum atomic E-state index is 5.23. The Balaban J connectivity index is 1.88. The summed E-state index contributed by atoms with van der Waals surface area (Å²) in [5.41, 5.74) is 2.05. The molecule has 0 bridgehead atoms. The minimum Gasteiger partial charge on any atom is -0.497 e. The predicted octanol–water partition coefficient (Wildman–Crippen LogP) is 2.81. The van der Waals surface area contributed by atoms with Crippen molar-refractivity contribution < 1.29 is 4.74 Å². The van der Waals surface area contributed by atoms with Crippen LogP contribution in [-0.2, 0) is 0 Å². The van der Waals surface area contributed by atoms with Gasteiger partial charge >= 0.3 is 0 Å². The zero-order valence-electron chi connectivity index (χ0n) is 10.9. The molecule has 18 heavy (non-hydrogen) atoms. The van der Waals surface area contributed by atoms with Crippen LogP contribution in [0.5, 0.6) is 5.75 Å². The standard InChI is InChI=1S/C14H19N3O/c1-10-5-7-17(8-6-10)14-15-12-4-3-11(18-2)9-13(12)16-14/h3-4,9-10H,5-8H2,1-2H3,(H,15,16). The van der Waals surface area contributed by atoms with Crippen LogP contribution in [0.25, 0.3) is 11.0 Å². The summed E-state index contributed by atoms with van der Waals surface area (Å²) in [5.74, 6) is 2.70. The summed E-state index contributed by atoms with van der Waals surface area (Å²) < 4.78 is 5.23. The van der Waals surface area contributed by atoms with E-state index in [4.69, 9.17) is 4.74 Å². The van der Waals surface area contributed by atoms with Crippen LogP contribution in [0.1, 0.15) is 19.8 Å². The van der Waals surface area contributed by atoms with E-state index in [9.17, 15) is 0 Å². The van der Waals surface area contributed by atoms with Crippen molar-refractivity contribution >= 4 is 17.0 Å². The van der Waals surface area contributed by atoms with Crippen LogP contribution in [0.3, 0.4) is 0 Å². The number of fused-ring (bicyclic) bond motifs is 1. The molecule has 1 saturated heterocycles. The normalized spacial score (nSPS) is 17.3. The summed E-state index contributed by atoms with van der Waals surface area (Å²) in [5, 5.41) is 0. The minimum atomic E-state index is 0.839. The Morgan fingerprint density at radius 3 is 2.83 bits per heavy atom. The first kappa shape index (κ1) is 11.4. The highest BCUT2D eigenvalue weighted by Gasteiger charge is 2.18. The number of aromatic amines is 1. The van der Waals surface area contributed by atoms with Crippen LogP contribution < -0.4 is 9.64 Å². The van der Waals surface area contributed by atoms with Crippen molar-refractivity contribution in [3.63, 3.8) is 0 Å². The fourth-order valence-electron chi connectivity index (χ4n) is 2.47. The number of ether oxygens (including phenoxy) is 1. The van der Waals surface area contributed by atoms with Gasteiger partial charge in [0.15, 0.2) is 0 Å². The molecule has 0 spiro atoms. The third-order valence-corrected chi connectivity index (χ3v) is 3.76. The number of hydrogen-bond acceptors (Lipinski definition) is 3. The Kier molecular flexibility index (Phi) is 2.86. The molecule has 1 aliphatic rings. The van der Waals surface area contributed by atoms with Crippen molar-refractivity contribution in [2.24, 2.45) is 5.92 Å². The van der Waals surface area contributed by atoms with Gasteiger partial charge in [-0.05, 0) is 30.9 Å². The van der Waals surface area contributed by atoms with E-state index in [-0.39, 0.29) is 0 Å². The van der Waals surface area contributed by atoms with Gasteiger partial charge in [-0.25, -0.2) is 4.98 Å². The third kappa shape index (κ3) is 2.03. The molecule has 0 aliphatic carbocycles. The molecule has 3 rings (SSSR count). The predicted molar refractivity (Wildman–Crippen MR) is 73.3 cm³/mol. The van der Waals surface area contributed by atoms with E-state index >= 15 is 0 Å². The summed E-state index contributed by atoms with van der Waals surface area (Å²) >= 11 is 0. The lowest BCUT2D eigenvalue weighted by Crippen LogP contribution is -2.33. The zero-order valence-corrected chi connectivity index (χ0v) is 10.9. The lowest BCUT2D eigenvalue weighted by molar-refractivity contribution is 0.415. The van der Waals surface area contributed by atoms with E-state index in [0.717, 1.165) is 41.7 Å². The van der Waals surface area contributed by atoms with Crippen LogP contribution in [-0.4, -0.2) is 30.2 Å². The van der Waals surface area contributed by atoms with E-state index in [1.54, 1.807) is 7.11 Å². The Morgan fingerprint density at radius 1 is 1.33 bits per heavy atom. The number of nitrogens with zero attached hydrogens (tertiary/aromatic N) is 2. The molecule has 4 nitrogen and oxygen atoms in total. The Morgan fingerprint density at radius 2 is 2.11 bits per heavy atom. The Bertz CT molecular complexity index is 541. The second kappa shape index (κ2) is 4.52. The first-order valence-corrected chi connectivity index (χ1v) is 6.55. The number of anilines is 1. The zero-order chi connectivity index (χ0) is 12.5. The SMILES string of the molecule is COc1ccc2nc(N3CCC(C)CC3)[nH]c2c1. The van der Waals surface area contributed by atoms with Gasteiger partial charge in [0.1, 0.15) is 5.75 Å². The molecule has 1 N–H and O–H groups in total. The van der Waals surface area contributed by atoms with Crippen molar-refractivity contribution in [2.75, 3.05) is 25.1 Å². The van der Waals surface area contributed by atoms with Crippen LogP contribution >= 0.6 is 0 Å². The average molecular weight is 245 g/mol. The average Bonchev–Trinajstić information content (AvgIpc) is 2.82. The smallest absolute Gasteiger partial charge is 0.203 e. The van der Waals surface area contributed by atoms with E-state index in [1.807, 2.05) is 18.2 Å². The lowest BCUT2D eigenvalue weighted by atomic mass is 10.00. The van der Waals surface area contributed by atoms with Crippen LogP contribution in [0.15, 0.2) is 18.2 Å². The summed E-state index contributed by atoms with van der Waals surface area (Å²) in [7, 11) is 1.68. The molecule has 0 radical (unpaired) electrons. The maximum Gasteiger partial charge on any atom is 0.203 e. The molecule has 0 atom stereocenters. The number of rotatable bonds is 2. The van der Waals surface area contributed by atoms with E-state index < -0.39 is 0 Å². The number of imidazole rings is 1. The van der Waals surface area contributed by atoms with Crippen molar-refractivity contribution in [1.29, 1.82) is 0 Å². The van der Waals surface area contributed by atoms with Gasteiger partial charge in [0.05, 0.1) is 18.1 Å². The molecule has 0 amide bonds. The maximum absolute atomic E-state index is 5.23. The van der Waals surface area contributed by atoms with E-state index in [2.05, 4.69) is 21.8 Å².